The van der Waals surface area contributed by atoms with E-state index >= 15 is 0 Å². The lowest BCUT2D eigenvalue weighted by molar-refractivity contribution is -0.117. The molecular weight excluding hydrogens is 399 g/mol. The monoisotopic (exact) mass is 414 g/mol. The lowest BCUT2D eigenvalue weighted by Crippen LogP contribution is -2.33. The summed E-state index contributed by atoms with van der Waals surface area (Å²) in [4.78, 5) is 13.7. The largest absolute Gasteiger partial charge is 0.492 e. The molecule has 0 aliphatic rings. The summed E-state index contributed by atoms with van der Waals surface area (Å²) < 4.78 is 19.9. The maximum atomic E-state index is 13.7. The molecule has 1 amide bonds. The van der Waals surface area contributed by atoms with Crippen molar-refractivity contribution in [2.75, 3.05) is 32.1 Å². The molecule has 0 saturated carbocycles. The van der Waals surface area contributed by atoms with Crippen molar-refractivity contribution in [3.63, 3.8) is 0 Å². The second-order valence-corrected chi connectivity index (χ2v) is 6.56. The molecule has 24 heavy (non-hydrogen) atoms. The molecule has 0 heterocycles. The van der Waals surface area contributed by atoms with Gasteiger partial charge in [-0.05, 0) is 49.5 Å². The predicted molar refractivity (Wildman–Crippen MR) is 97.2 cm³/mol. The van der Waals surface area contributed by atoms with E-state index in [0.29, 0.717) is 28.4 Å². The highest BCUT2D eigenvalue weighted by molar-refractivity contribution is 9.10. The van der Waals surface area contributed by atoms with E-state index in [1.165, 1.54) is 12.1 Å². The third-order valence-electron chi connectivity index (χ3n) is 3.17. The van der Waals surface area contributed by atoms with Gasteiger partial charge in [0, 0.05) is 16.0 Å². The quantitative estimate of drug-likeness (QED) is 0.737. The van der Waals surface area contributed by atoms with Crippen LogP contribution in [0, 0.1) is 5.82 Å². The molecule has 0 atom stereocenters. The number of halogens is 3. The Kier molecular flexibility index (Phi) is 7.02. The predicted octanol–water partition coefficient (Wildman–Crippen LogP) is 4.19. The van der Waals surface area contributed by atoms with Crippen molar-refractivity contribution in [3.05, 3.63) is 57.8 Å². The first kappa shape index (κ1) is 18.7. The molecule has 2 rings (SSSR count). The molecule has 7 heteroatoms. The van der Waals surface area contributed by atoms with Gasteiger partial charge in [-0.2, -0.15) is 0 Å². The molecule has 0 spiro atoms. The Balaban J connectivity index is 1.74. The summed E-state index contributed by atoms with van der Waals surface area (Å²) in [6.07, 6.45) is 0. The molecule has 0 radical (unpaired) electrons. The topological polar surface area (TPSA) is 41.6 Å². The van der Waals surface area contributed by atoms with Crippen molar-refractivity contribution < 1.29 is 13.9 Å². The average molecular weight is 416 g/mol. The van der Waals surface area contributed by atoms with E-state index in [1.807, 2.05) is 0 Å². The number of carbonyl (C=O) groups is 1. The van der Waals surface area contributed by atoms with Crippen LogP contribution in [0.5, 0.6) is 5.75 Å². The second kappa shape index (κ2) is 9.01. The third kappa shape index (κ3) is 6.11. The van der Waals surface area contributed by atoms with E-state index < -0.39 is 5.82 Å². The van der Waals surface area contributed by atoms with Crippen LogP contribution in [0.2, 0.25) is 5.02 Å². The van der Waals surface area contributed by atoms with Gasteiger partial charge in [0.05, 0.1) is 12.2 Å². The van der Waals surface area contributed by atoms with E-state index in [1.54, 1.807) is 42.3 Å². The standard InChI is InChI=1S/C17H17BrClFN2O2/c1-22(8-9-24-14-5-3-13(19)4-6-14)11-17(23)21-16-7-2-12(18)10-15(16)20/h2-7,10H,8-9,11H2,1H3,(H,21,23). The molecule has 2 aromatic carbocycles. The molecule has 0 aliphatic carbocycles. The van der Waals surface area contributed by atoms with Gasteiger partial charge in [0.2, 0.25) is 5.91 Å². The fourth-order valence-electron chi connectivity index (χ4n) is 1.95. The van der Waals surface area contributed by atoms with Crippen molar-refractivity contribution in [3.8, 4) is 5.75 Å². The molecule has 0 unspecified atom stereocenters. The number of hydrogen-bond acceptors (Lipinski definition) is 3. The second-order valence-electron chi connectivity index (χ2n) is 5.21. The van der Waals surface area contributed by atoms with E-state index in [2.05, 4.69) is 21.2 Å². The summed E-state index contributed by atoms with van der Waals surface area (Å²) in [5.74, 6) is -0.0501. The molecule has 128 valence electrons. The summed E-state index contributed by atoms with van der Waals surface area (Å²) in [6.45, 7) is 1.12. The highest BCUT2D eigenvalue weighted by Crippen LogP contribution is 2.19. The van der Waals surface area contributed by atoms with Crippen molar-refractivity contribution >= 4 is 39.1 Å². The number of nitrogens with zero attached hydrogens (tertiary/aromatic N) is 1. The zero-order valence-corrected chi connectivity index (χ0v) is 15.4. The average Bonchev–Trinajstić information content (AvgIpc) is 2.52. The van der Waals surface area contributed by atoms with Gasteiger partial charge in [-0.25, -0.2) is 4.39 Å². The Morgan fingerprint density at radius 2 is 2.00 bits per heavy atom. The molecule has 2 aromatic rings. The Morgan fingerprint density at radius 1 is 1.29 bits per heavy atom. The van der Waals surface area contributed by atoms with Crippen LogP contribution in [0.25, 0.3) is 0 Å². The Labute approximate surface area is 153 Å². The summed E-state index contributed by atoms with van der Waals surface area (Å²) in [5, 5.41) is 3.20. The lowest BCUT2D eigenvalue weighted by atomic mass is 10.3. The minimum Gasteiger partial charge on any atom is -0.492 e. The molecule has 0 aromatic heterocycles. The number of benzene rings is 2. The molecule has 0 fully saturated rings. The normalized spacial score (nSPS) is 10.7. The first-order chi connectivity index (χ1) is 11.4. The highest BCUT2D eigenvalue weighted by Gasteiger charge is 2.10. The van der Waals surface area contributed by atoms with Crippen LogP contribution in [0.1, 0.15) is 0 Å². The van der Waals surface area contributed by atoms with E-state index in [-0.39, 0.29) is 18.1 Å². The fourth-order valence-corrected chi connectivity index (χ4v) is 2.41. The maximum Gasteiger partial charge on any atom is 0.238 e. The van der Waals surface area contributed by atoms with E-state index in [9.17, 15) is 9.18 Å². The minimum atomic E-state index is -0.480. The van der Waals surface area contributed by atoms with Crippen LogP contribution < -0.4 is 10.1 Å². The van der Waals surface area contributed by atoms with Crippen LogP contribution in [0.15, 0.2) is 46.9 Å². The van der Waals surface area contributed by atoms with Gasteiger partial charge < -0.3 is 10.1 Å². The third-order valence-corrected chi connectivity index (χ3v) is 3.92. The highest BCUT2D eigenvalue weighted by atomic mass is 79.9. The van der Waals surface area contributed by atoms with Crippen molar-refractivity contribution in [2.45, 2.75) is 0 Å². The van der Waals surface area contributed by atoms with Gasteiger partial charge >= 0.3 is 0 Å². The van der Waals surface area contributed by atoms with Gasteiger partial charge in [0.1, 0.15) is 18.2 Å². The summed E-state index contributed by atoms with van der Waals surface area (Å²) in [5.41, 5.74) is 0.161. The maximum absolute atomic E-state index is 13.7. The molecule has 4 nitrogen and oxygen atoms in total. The zero-order valence-electron chi connectivity index (χ0n) is 13.1. The van der Waals surface area contributed by atoms with Crippen LogP contribution in [0.3, 0.4) is 0 Å². The number of likely N-dealkylation sites (N-methyl/N-ethyl adjacent to an activating group) is 1. The number of ether oxygens (including phenoxy) is 1. The fraction of sp³-hybridized carbons (Fsp3) is 0.235. The lowest BCUT2D eigenvalue weighted by Gasteiger charge is -2.17. The van der Waals surface area contributed by atoms with Gasteiger partial charge in [-0.1, -0.05) is 27.5 Å². The first-order valence-corrected chi connectivity index (χ1v) is 8.43. The summed E-state index contributed by atoms with van der Waals surface area (Å²) in [6, 6.07) is 11.6. The smallest absolute Gasteiger partial charge is 0.238 e. The Hall–Kier alpha value is -1.63. The SMILES string of the molecule is CN(CCOc1ccc(Cl)cc1)CC(=O)Nc1ccc(Br)cc1F. The number of hydrogen-bond donors (Lipinski definition) is 1. The van der Waals surface area contributed by atoms with Crippen LogP contribution in [-0.4, -0.2) is 37.6 Å². The number of nitrogens with one attached hydrogen (secondary N) is 1. The number of amides is 1. The molecule has 0 bridgehead atoms. The molecule has 0 aliphatic heterocycles. The van der Waals surface area contributed by atoms with Crippen LogP contribution in [-0.2, 0) is 4.79 Å². The van der Waals surface area contributed by atoms with Gasteiger partial charge in [0.25, 0.3) is 0 Å². The summed E-state index contributed by atoms with van der Waals surface area (Å²) >= 11 is 8.97. The minimum absolute atomic E-state index is 0.138. The first-order valence-electron chi connectivity index (χ1n) is 7.26. The summed E-state index contributed by atoms with van der Waals surface area (Å²) in [7, 11) is 1.79. The van der Waals surface area contributed by atoms with Gasteiger partial charge in [-0.3, -0.25) is 9.69 Å². The molecule has 0 saturated heterocycles. The van der Waals surface area contributed by atoms with Crippen LogP contribution in [0.4, 0.5) is 10.1 Å². The zero-order chi connectivity index (χ0) is 17.5. The Morgan fingerprint density at radius 3 is 2.67 bits per heavy atom. The number of rotatable bonds is 7. The van der Waals surface area contributed by atoms with E-state index in [4.69, 9.17) is 16.3 Å². The van der Waals surface area contributed by atoms with Gasteiger partial charge in [-0.15, -0.1) is 0 Å². The molecule has 1 N–H and O–H groups in total. The van der Waals surface area contributed by atoms with Gasteiger partial charge in [0.15, 0.2) is 0 Å². The number of anilines is 1. The Bertz CT molecular complexity index is 697. The number of carbonyl (C=O) groups excluding carboxylic acids is 1. The van der Waals surface area contributed by atoms with Crippen LogP contribution >= 0.6 is 27.5 Å². The van der Waals surface area contributed by atoms with Crippen molar-refractivity contribution in [1.29, 1.82) is 0 Å². The van der Waals surface area contributed by atoms with Crippen molar-refractivity contribution in [1.82, 2.24) is 4.90 Å². The van der Waals surface area contributed by atoms with Crippen molar-refractivity contribution in [2.24, 2.45) is 0 Å². The van der Waals surface area contributed by atoms with E-state index in [0.717, 1.165) is 0 Å². The molecular formula is C17H17BrClFN2O2.